The topological polar surface area (TPSA) is 47.4 Å². The molecular formula is C19H23N3O2. The van der Waals surface area contributed by atoms with Gasteiger partial charge in [-0.05, 0) is 37.8 Å². The van der Waals surface area contributed by atoms with Gasteiger partial charge in [0.15, 0.2) is 0 Å². The number of nitrogens with zero attached hydrogens (tertiary/aromatic N) is 3. The van der Waals surface area contributed by atoms with E-state index in [1.807, 2.05) is 42.4 Å². The van der Waals surface area contributed by atoms with Gasteiger partial charge in [-0.2, -0.15) is 0 Å². The van der Waals surface area contributed by atoms with Crippen LogP contribution < -0.4 is 4.74 Å². The molecule has 1 saturated heterocycles. The molecule has 2 aromatic rings. The van der Waals surface area contributed by atoms with E-state index in [0.717, 1.165) is 49.5 Å². The lowest BCUT2D eigenvalue weighted by molar-refractivity contribution is -0.138. The molecule has 2 aliphatic rings. The maximum atomic E-state index is 13.0. The van der Waals surface area contributed by atoms with E-state index in [1.54, 1.807) is 0 Å². The summed E-state index contributed by atoms with van der Waals surface area (Å²) >= 11 is 0. The molecule has 1 aromatic heterocycles. The van der Waals surface area contributed by atoms with Crippen molar-refractivity contribution in [2.24, 2.45) is 5.92 Å². The van der Waals surface area contributed by atoms with E-state index in [4.69, 9.17) is 4.74 Å². The zero-order valence-corrected chi connectivity index (χ0v) is 14.0. The summed E-state index contributed by atoms with van der Waals surface area (Å²) in [5.41, 5.74) is 1.14. The van der Waals surface area contributed by atoms with Crippen LogP contribution in [0.2, 0.25) is 0 Å². The predicted octanol–water partition coefficient (Wildman–Crippen LogP) is 2.61. The molecule has 3 heterocycles. The number of likely N-dealkylation sites (tertiary alicyclic amines) is 1. The van der Waals surface area contributed by atoms with Gasteiger partial charge in [0.25, 0.3) is 0 Å². The smallest absolute Gasteiger partial charge is 0.229 e. The van der Waals surface area contributed by atoms with Crippen LogP contribution in [0, 0.1) is 12.8 Å². The van der Waals surface area contributed by atoms with E-state index in [2.05, 4.69) is 15.6 Å². The van der Waals surface area contributed by atoms with Crippen molar-refractivity contribution in [3.05, 3.63) is 48.0 Å². The van der Waals surface area contributed by atoms with E-state index in [-0.39, 0.29) is 11.8 Å². The maximum absolute atomic E-state index is 13.0. The summed E-state index contributed by atoms with van der Waals surface area (Å²) in [5, 5.41) is 0. The number of hydrogen-bond donors (Lipinski definition) is 0. The SMILES string of the molecule is Cc1nccn1[C@@H]1CCCN(C(=O)[C@H]2COc3ccccc3C2)C1. The Labute approximate surface area is 142 Å². The van der Waals surface area contributed by atoms with E-state index < -0.39 is 0 Å². The van der Waals surface area contributed by atoms with E-state index in [1.165, 1.54) is 0 Å². The van der Waals surface area contributed by atoms with Crippen molar-refractivity contribution in [2.45, 2.75) is 32.2 Å². The van der Waals surface area contributed by atoms with E-state index in [9.17, 15) is 4.79 Å². The van der Waals surface area contributed by atoms with Crippen molar-refractivity contribution in [3.63, 3.8) is 0 Å². The summed E-state index contributed by atoms with van der Waals surface area (Å²) in [6.07, 6.45) is 6.78. The molecule has 5 heteroatoms. The third-order valence-electron chi connectivity index (χ3n) is 5.19. The van der Waals surface area contributed by atoms with Crippen LogP contribution in [-0.2, 0) is 11.2 Å². The first-order chi connectivity index (χ1) is 11.7. The summed E-state index contributed by atoms with van der Waals surface area (Å²) < 4.78 is 8.00. The van der Waals surface area contributed by atoms with Gasteiger partial charge in [-0.25, -0.2) is 4.98 Å². The molecule has 1 amide bonds. The van der Waals surface area contributed by atoms with Gasteiger partial charge >= 0.3 is 0 Å². The van der Waals surface area contributed by atoms with Gasteiger partial charge in [-0.15, -0.1) is 0 Å². The Morgan fingerprint density at radius 3 is 3.04 bits per heavy atom. The van der Waals surface area contributed by atoms with Gasteiger partial charge < -0.3 is 14.2 Å². The number of amides is 1. The van der Waals surface area contributed by atoms with Gasteiger partial charge in [-0.1, -0.05) is 18.2 Å². The fraction of sp³-hybridized carbons (Fsp3) is 0.474. The molecule has 1 fully saturated rings. The van der Waals surface area contributed by atoms with Crippen LogP contribution in [0.4, 0.5) is 0 Å². The van der Waals surface area contributed by atoms with Crippen molar-refractivity contribution in [1.82, 2.24) is 14.5 Å². The summed E-state index contributed by atoms with van der Waals surface area (Å²) in [6.45, 7) is 4.13. The Balaban J connectivity index is 1.46. The molecule has 0 bridgehead atoms. The Kier molecular flexibility index (Phi) is 4.00. The lowest BCUT2D eigenvalue weighted by Gasteiger charge is -2.36. The Morgan fingerprint density at radius 1 is 1.33 bits per heavy atom. The summed E-state index contributed by atoms with van der Waals surface area (Å²) in [5.74, 6) is 2.10. The molecule has 0 aliphatic carbocycles. The van der Waals surface area contributed by atoms with Gasteiger partial charge in [0.2, 0.25) is 5.91 Å². The molecule has 4 rings (SSSR count). The number of aromatic nitrogens is 2. The average Bonchev–Trinajstić information content (AvgIpc) is 3.07. The normalized spacial score (nSPS) is 23.5. The molecule has 5 nitrogen and oxygen atoms in total. The first-order valence-electron chi connectivity index (χ1n) is 8.71. The zero-order valence-electron chi connectivity index (χ0n) is 14.0. The fourth-order valence-electron chi connectivity index (χ4n) is 3.90. The van der Waals surface area contributed by atoms with Gasteiger partial charge in [0, 0.05) is 25.5 Å². The Bertz CT molecular complexity index is 740. The maximum Gasteiger partial charge on any atom is 0.229 e. The minimum atomic E-state index is -0.0671. The molecule has 24 heavy (non-hydrogen) atoms. The quantitative estimate of drug-likeness (QED) is 0.853. The largest absolute Gasteiger partial charge is 0.492 e. The van der Waals surface area contributed by atoms with Crippen molar-refractivity contribution in [2.75, 3.05) is 19.7 Å². The lowest BCUT2D eigenvalue weighted by Crippen LogP contribution is -2.46. The standard InChI is InChI=1S/C19H23N3O2/c1-14-20-8-10-22(14)17-6-4-9-21(12-17)19(23)16-11-15-5-2-3-7-18(15)24-13-16/h2-3,5,7-8,10,16-17H,4,6,9,11-13H2,1H3/t16-,17-/m1/s1. The number of benzene rings is 1. The van der Waals surface area contributed by atoms with E-state index in [0.29, 0.717) is 12.6 Å². The molecule has 0 spiro atoms. The molecule has 0 radical (unpaired) electrons. The molecule has 2 atom stereocenters. The number of ether oxygens (including phenoxy) is 1. The van der Waals surface area contributed by atoms with Crippen molar-refractivity contribution in [3.8, 4) is 5.75 Å². The minimum Gasteiger partial charge on any atom is -0.492 e. The molecule has 0 N–H and O–H groups in total. The second-order valence-corrected chi connectivity index (χ2v) is 6.78. The van der Waals surface area contributed by atoms with Gasteiger partial charge in [0.05, 0.1) is 12.0 Å². The van der Waals surface area contributed by atoms with Crippen LogP contribution in [0.15, 0.2) is 36.7 Å². The third-order valence-corrected chi connectivity index (χ3v) is 5.19. The highest BCUT2D eigenvalue weighted by Crippen LogP contribution is 2.29. The first-order valence-corrected chi connectivity index (χ1v) is 8.71. The number of carbonyl (C=O) groups excluding carboxylic acids is 1. The highest BCUT2D eigenvalue weighted by Gasteiger charge is 2.32. The monoisotopic (exact) mass is 325 g/mol. The lowest BCUT2D eigenvalue weighted by atomic mass is 9.94. The van der Waals surface area contributed by atoms with Crippen molar-refractivity contribution < 1.29 is 9.53 Å². The highest BCUT2D eigenvalue weighted by atomic mass is 16.5. The van der Waals surface area contributed by atoms with Crippen LogP contribution in [0.5, 0.6) is 5.75 Å². The second kappa shape index (κ2) is 6.30. The van der Waals surface area contributed by atoms with E-state index >= 15 is 0 Å². The number of hydrogen-bond acceptors (Lipinski definition) is 3. The fourth-order valence-corrected chi connectivity index (χ4v) is 3.90. The first kappa shape index (κ1) is 15.2. The number of imidazole rings is 1. The number of para-hydroxylation sites is 1. The number of carbonyl (C=O) groups is 1. The molecule has 0 unspecified atom stereocenters. The van der Waals surface area contributed by atoms with Crippen LogP contribution >= 0.6 is 0 Å². The molecule has 126 valence electrons. The summed E-state index contributed by atoms with van der Waals surface area (Å²) in [7, 11) is 0. The third kappa shape index (κ3) is 2.79. The summed E-state index contributed by atoms with van der Waals surface area (Å²) in [6, 6.07) is 8.36. The zero-order chi connectivity index (χ0) is 16.5. The van der Waals surface area contributed by atoms with Crippen molar-refractivity contribution in [1.29, 1.82) is 0 Å². The molecule has 0 saturated carbocycles. The van der Waals surface area contributed by atoms with Crippen LogP contribution in [0.25, 0.3) is 0 Å². The van der Waals surface area contributed by atoms with Crippen LogP contribution in [0.3, 0.4) is 0 Å². The van der Waals surface area contributed by atoms with Crippen LogP contribution in [-0.4, -0.2) is 40.1 Å². The number of piperidine rings is 1. The van der Waals surface area contributed by atoms with Crippen LogP contribution in [0.1, 0.15) is 30.3 Å². The van der Waals surface area contributed by atoms with Crippen molar-refractivity contribution >= 4 is 5.91 Å². The minimum absolute atomic E-state index is 0.0671. The Morgan fingerprint density at radius 2 is 2.21 bits per heavy atom. The number of rotatable bonds is 2. The molecule has 2 aliphatic heterocycles. The molecular weight excluding hydrogens is 302 g/mol. The number of aryl methyl sites for hydroxylation is 1. The summed E-state index contributed by atoms with van der Waals surface area (Å²) in [4.78, 5) is 19.3. The predicted molar refractivity (Wildman–Crippen MR) is 90.9 cm³/mol. The number of fused-ring (bicyclic) bond motifs is 1. The highest BCUT2D eigenvalue weighted by molar-refractivity contribution is 5.80. The van der Waals surface area contributed by atoms with Gasteiger partial charge in [-0.3, -0.25) is 4.79 Å². The average molecular weight is 325 g/mol. The second-order valence-electron chi connectivity index (χ2n) is 6.78. The van der Waals surface area contributed by atoms with Gasteiger partial charge in [0.1, 0.15) is 18.2 Å². The Hall–Kier alpha value is -2.30. The molecule has 1 aromatic carbocycles.